The lowest BCUT2D eigenvalue weighted by Gasteiger charge is -2.12. The van der Waals surface area contributed by atoms with Gasteiger partial charge in [-0.3, -0.25) is 9.59 Å². The Hall–Kier alpha value is -2.34. The van der Waals surface area contributed by atoms with Crippen LogP contribution in [-0.2, 0) is 11.2 Å². The standard InChI is InChI=1S/C19H25N3O2S/c1-22(2)17-7-5-15(6-8-17)4-3-11-20-18(23)9-12-21-19(24)16-10-13-25-14-16/h5-8,10,13-14H,3-4,9,11-12H2,1-2H3,(H,20,23)(H,21,24). The van der Waals surface area contributed by atoms with Gasteiger partial charge in [-0.2, -0.15) is 11.3 Å². The van der Waals surface area contributed by atoms with E-state index >= 15 is 0 Å². The number of aryl methyl sites for hydroxylation is 1. The molecule has 1 aromatic heterocycles. The monoisotopic (exact) mass is 359 g/mol. The Kier molecular flexibility index (Phi) is 7.47. The van der Waals surface area contributed by atoms with E-state index in [4.69, 9.17) is 0 Å². The molecule has 0 spiro atoms. The maximum absolute atomic E-state index is 11.8. The van der Waals surface area contributed by atoms with Crippen molar-refractivity contribution in [3.05, 3.63) is 52.2 Å². The zero-order valence-corrected chi connectivity index (χ0v) is 15.6. The van der Waals surface area contributed by atoms with Gasteiger partial charge in [0.05, 0.1) is 0 Å². The fourth-order valence-corrected chi connectivity index (χ4v) is 2.99. The average Bonchev–Trinajstić information content (AvgIpc) is 3.14. The largest absolute Gasteiger partial charge is 0.378 e. The van der Waals surface area contributed by atoms with Crippen LogP contribution < -0.4 is 15.5 Å². The Morgan fingerprint density at radius 3 is 2.44 bits per heavy atom. The van der Waals surface area contributed by atoms with Gasteiger partial charge in [0.15, 0.2) is 0 Å². The summed E-state index contributed by atoms with van der Waals surface area (Å²) in [7, 11) is 4.04. The summed E-state index contributed by atoms with van der Waals surface area (Å²) in [5.74, 6) is -0.163. The minimum absolute atomic E-state index is 0.0337. The highest BCUT2D eigenvalue weighted by Gasteiger charge is 2.06. The molecule has 0 aliphatic rings. The molecule has 134 valence electrons. The lowest BCUT2D eigenvalue weighted by molar-refractivity contribution is -0.120. The summed E-state index contributed by atoms with van der Waals surface area (Å²) in [4.78, 5) is 25.6. The zero-order chi connectivity index (χ0) is 18.1. The van der Waals surface area contributed by atoms with Gasteiger partial charge < -0.3 is 15.5 Å². The molecule has 2 amide bonds. The molecule has 2 N–H and O–H groups in total. The molecule has 2 rings (SSSR count). The predicted octanol–water partition coefficient (Wildman–Crippen LogP) is 2.68. The van der Waals surface area contributed by atoms with E-state index < -0.39 is 0 Å². The van der Waals surface area contributed by atoms with E-state index in [1.807, 2.05) is 19.5 Å². The van der Waals surface area contributed by atoms with Crippen molar-refractivity contribution in [2.75, 3.05) is 32.1 Å². The van der Waals surface area contributed by atoms with Crippen LogP contribution in [0.1, 0.15) is 28.8 Å². The molecule has 25 heavy (non-hydrogen) atoms. The van der Waals surface area contributed by atoms with E-state index in [-0.39, 0.29) is 11.8 Å². The fourth-order valence-electron chi connectivity index (χ4n) is 2.35. The van der Waals surface area contributed by atoms with Gasteiger partial charge in [0, 0.05) is 50.2 Å². The van der Waals surface area contributed by atoms with E-state index in [1.54, 1.807) is 11.4 Å². The number of rotatable bonds is 9. The number of hydrogen-bond acceptors (Lipinski definition) is 4. The highest BCUT2D eigenvalue weighted by molar-refractivity contribution is 7.08. The maximum Gasteiger partial charge on any atom is 0.252 e. The van der Waals surface area contributed by atoms with Crippen LogP contribution in [0.4, 0.5) is 5.69 Å². The topological polar surface area (TPSA) is 61.4 Å². The van der Waals surface area contributed by atoms with Crippen LogP contribution in [0.15, 0.2) is 41.1 Å². The van der Waals surface area contributed by atoms with Gasteiger partial charge in [0.2, 0.25) is 5.91 Å². The van der Waals surface area contributed by atoms with Crippen molar-refractivity contribution in [2.45, 2.75) is 19.3 Å². The number of carbonyl (C=O) groups is 2. The molecular weight excluding hydrogens is 334 g/mol. The molecule has 0 aliphatic heterocycles. The van der Waals surface area contributed by atoms with Crippen molar-refractivity contribution in [1.82, 2.24) is 10.6 Å². The second-order valence-electron chi connectivity index (χ2n) is 6.03. The van der Waals surface area contributed by atoms with Gasteiger partial charge >= 0.3 is 0 Å². The molecular formula is C19H25N3O2S. The Bertz CT molecular complexity index is 666. The van der Waals surface area contributed by atoms with E-state index in [2.05, 4.69) is 39.8 Å². The van der Waals surface area contributed by atoms with Crippen LogP contribution in [0, 0.1) is 0 Å². The molecule has 0 atom stereocenters. The second-order valence-corrected chi connectivity index (χ2v) is 6.81. The van der Waals surface area contributed by atoms with E-state index in [1.165, 1.54) is 22.6 Å². The molecule has 1 aromatic carbocycles. The predicted molar refractivity (Wildman–Crippen MR) is 103 cm³/mol. The third kappa shape index (κ3) is 6.58. The molecule has 0 saturated carbocycles. The van der Waals surface area contributed by atoms with Gasteiger partial charge in [-0.05, 0) is 42.0 Å². The number of hydrogen-bond donors (Lipinski definition) is 2. The van der Waals surface area contributed by atoms with Gasteiger partial charge in [-0.25, -0.2) is 0 Å². The zero-order valence-electron chi connectivity index (χ0n) is 14.7. The number of nitrogens with one attached hydrogen (secondary N) is 2. The summed E-state index contributed by atoms with van der Waals surface area (Å²) >= 11 is 1.48. The van der Waals surface area contributed by atoms with E-state index in [0.29, 0.717) is 25.1 Å². The molecule has 0 unspecified atom stereocenters. The average molecular weight is 359 g/mol. The minimum atomic E-state index is -0.129. The maximum atomic E-state index is 11.8. The first kappa shape index (κ1) is 19.0. The van der Waals surface area contributed by atoms with Crippen molar-refractivity contribution < 1.29 is 9.59 Å². The molecule has 0 bridgehead atoms. The third-order valence-corrected chi connectivity index (χ3v) is 4.52. The summed E-state index contributed by atoms with van der Waals surface area (Å²) in [6.07, 6.45) is 2.13. The van der Waals surface area contributed by atoms with Crippen molar-refractivity contribution in [1.29, 1.82) is 0 Å². The number of carbonyl (C=O) groups excluding carboxylic acids is 2. The first-order valence-corrected chi connectivity index (χ1v) is 9.34. The number of benzene rings is 1. The van der Waals surface area contributed by atoms with Crippen molar-refractivity contribution in [3.8, 4) is 0 Å². The normalized spacial score (nSPS) is 10.3. The smallest absolute Gasteiger partial charge is 0.252 e. The van der Waals surface area contributed by atoms with E-state index in [0.717, 1.165) is 12.8 Å². The molecule has 5 nitrogen and oxygen atoms in total. The Labute approximate surface area is 153 Å². The summed E-state index contributed by atoms with van der Waals surface area (Å²) in [6, 6.07) is 10.2. The summed E-state index contributed by atoms with van der Waals surface area (Å²) in [6.45, 7) is 0.999. The van der Waals surface area contributed by atoms with E-state index in [9.17, 15) is 9.59 Å². The summed E-state index contributed by atoms with van der Waals surface area (Å²) < 4.78 is 0. The number of anilines is 1. The quantitative estimate of drug-likeness (QED) is 0.677. The molecule has 0 fully saturated rings. The molecule has 6 heteroatoms. The number of thiophene rings is 1. The van der Waals surface area contributed by atoms with Crippen LogP contribution in [0.2, 0.25) is 0 Å². The Morgan fingerprint density at radius 2 is 1.80 bits per heavy atom. The third-order valence-electron chi connectivity index (χ3n) is 3.84. The van der Waals surface area contributed by atoms with Crippen LogP contribution in [0.25, 0.3) is 0 Å². The van der Waals surface area contributed by atoms with Gasteiger partial charge in [0.25, 0.3) is 5.91 Å². The first-order valence-electron chi connectivity index (χ1n) is 8.39. The molecule has 0 saturated heterocycles. The molecule has 1 heterocycles. The highest BCUT2D eigenvalue weighted by Crippen LogP contribution is 2.13. The fraction of sp³-hybridized carbons (Fsp3) is 0.368. The van der Waals surface area contributed by atoms with Gasteiger partial charge in [-0.15, -0.1) is 0 Å². The van der Waals surface area contributed by atoms with Gasteiger partial charge in [0.1, 0.15) is 0 Å². The van der Waals surface area contributed by atoms with Crippen LogP contribution in [0.3, 0.4) is 0 Å². The Morgan fingerprint density at radius 1 is 1.04 bits per heavy atom. The van der Waals surface area contributed by atoms with Gasteiger partial charge in [-0.1, -0.05) is 12.1 Å². The lowest BCUT2D eigenvalue weighted by Crippen LogP contribution is -2.31. The molecule has 0 aliphatic carbocycles. The van der Waals surface area contributed by atoms with Crippen LogP contribution in [0.5, 0.6) is 0 Å². The number of amides is 2. The molecule has 0 radical (unpaired) electrons. The van der Waals surface area contributed by atoms with Crippen molar-refractivity contribution in [3.63, 3.8) is 0 Å². The summed E-state index contributed by atoms with van der Waals surface area (Å²) in [5, 5.41) is 9.29. The molecule has 2 aromatic rings. The van der Waals surface area contributed by atoms with Crippen molar-refractivity contribution >= 4 is 28.8 Å². The number of nitrogens with zero attached hydrogens (tertiary/aromatic N) is 1. The van der Waals surface area contributed by atoms with Crippen LogP contribution >= 0.6 is 11.3 Å². The van der Waals surface area contributed by atoms with Crippen molar-refractivity contribution in [2.24, 2.45) is 0 Å². The first-order chi connectivity index (χ1) is 12.1. The highest BCUT2D eigenvalue weighted by atomic mass is 32.1. The lowest BCUT2D eigenvalue weighted by atomic mass is 10.1. The second kappa shape index (κ2) is 9.84. The minimum Gasteiger partial charge on any atom is -0.378 e. The van der Waals surface area contributed by atoms with Crippen LogP contribution in [-0.4, -0.2) is 39.0 Å². The Balaban J connectivity index is 1.57. The summed E-state index contributed by atoms with van der Waals surface area (Å²) in [5.41, 5.74) is 3.09. The SMILES string of the molecule is CN(C)c1ccc(CCCNC(=O)CCNC(=O)c2ccsc2)cc1.